The third-order valence-electron chi connectivity index (χ3n) is 1.21. The van der Waals surface area contributed by atoms with Gasteiger partial charge in [-0.1, -0.05) is 18.2 Å². The van der Waals surface area contributed by atoms with Crippen LogP contribution in [-0.2, 0) is 0 Å². The van der Waals surface area contributed by atoms with E-state index in [1.165, 1.54) is 0 Å². The van der Waals surface area contributed by atoms with Gasteiger partial charge in [0.25, 0.3) is 0 Å². The number of hydrogen-bond donors (Lipinski definition) is 1. The van der Waals surface area contributed by atoms with E-state index in [0.29, 0.717) is 0 Å². The zero-order chi connectivity index (χ0) is 7.40. The van der Waals surface area contributed by atoms with Crippen molar-refractivity contribution in [1.29, 1.82) is 0 Å². The Bertz CT molecular complexity index is 201. The summed E-state index contributed by atoms with van der Waals surface area (Å²) >= 11 is 1.57. The van der Waals surface area contributed by atoms with Crippen molar-refractivity contribution in [2.75, 3.05) is 0 Å². The molecule has 1 heterocycles. The Morgan fingerprint density at radius 3 is 3.00 bits per heavy atom. The number of aliphatic hydroxyl groups excluding tert-OH is 1. The van der Waals surface area contributed by atoms with Crippen molar-refractivity contribution in [2.45, 2.75) is 13.0 Å². The number of hydrogen-bond acceptors (Lipinski definition) is 2. The second kappa shape index (κ2) is 3.54. The van der Waals surface area contributed by atoms with Gasteiger partial charge in [0.2, 0.25) is 0 Å². The molecule has 0 aliphatic carbocycles. The topological polar surface area (TPSA) is 20.2 Å². The Morgan fingerprint density at radius 1 is 1.70 bits per heavy atom. The van der Waals surface area contributed by atoms with E-state index < -0.39 is 6.10 Å². The Hall–Kier alpha value is -0.600. The van der Waals surface area contributed by atoms with Gasteiger partial charge in [0.05, 0.1) is 0 Å². The summed E-state index contributed by atoms with van der Waals surface area (Å²) in [6.07, 6.45) is 3.21. The van der Waals surface area contributed by atoms with Gasteiger partial charge in [-0.15, -0.1) is 11.3 Å². The minimum absolute atomic E-state index is 0.412. The van der Waals surface area contributed by atoms with E-state index >= 15 is 0 Å². The summed E-state index contributed by atoms with van der Waals surface area (Å²) in [5.74, 6) is 0. The molecule has 1 aromatic rings. The Labute approximate surface area is 64.6 Å². The second-order valence-corrected chi connectivity index (χ2v) is 2.97. The van der Waals surface area contributed by atoms with Gasteiger partial charge >= 0.3 is 0 Å². The van der Waals surface area contributed by atoms with Gasteiger partial charge in [-0.05, 0) is 18.4 Å². The Morgan fingerprint density at radius 2 is 2.50 bits per heavy atom. The molecule has 0 saturated carbocycles. The molecule has 0 aliphatic rings. The maximum absolute atomic E-state index is 9.33. The van der Waals surface area contributed by atoms with E-state index in [2.05, 4.69) is 0 Å². The lowest BCUT2D eigenvalue weighted by atomic mass is 10.3. The molecule has 0 fully saturated rings. The first kappa shape index (κ1) is 7.51. The molecule has 1 nitrogen and oxygen atoms in total. The maximum Gasteiger partial charge on any atom is 0.106 e. The van der Waals surface area contributed by atoms with E-state index in [9.17, 15) is 5.11 Å². The van der Waals surface area contributed by atoms with Crippen LogP contribution in [0, 0.1) is 0 Å². The van der Waals surface area contributed by atoms with Crippen molar-refractivity contribution in [3.05, 3.63) is 34.5 Å². The highest BCUT2D eigenvalue weighted by Gasteiger charge is 2.01. The molecule has 0 saturated heterocycles. The zero-order valence-electron chi connectivity index (χ0n) is 5.82. The number of aliphatic hydroxyl groups is 1. The molecule has 10 heavy (non-hydrogen) atoms. The molecule has 0 radical (unpaired) electrons. The highest BCUT2D eigenvalue weighted by molar-refractivity contribution is 7.10. The van der Waals surface area contributed by atoms with Crippen LogP contribution in [-0.4, -0.2) is 5.11 Å². The molecule has 1 aromatic heterocycles. The molecule has 0 bridgehead atoms. The van der Waals surface area contributed by atoms with E-state index in [0.717, 1.165) is 4.88 Å². The van der Waals surface area contributed by atoms with Crippen molar-refractivity contribution < 1.29 is 5.11 Å². The van der Waals surface area contributed by atoms with E-state index in [-0.39, 0.29) is 0 Å². The molecule has 2 heteroatoms. The smallest absolute Gasteiger partial charge is 0.106 e. The fraction of sp³-hybridized carbons (Fsp3) is 0.250. The van der Waals surface area contributed by atoms with Crippen molar-refractivity contribution in [3.8, 4) is 0 Å². The van der Waals surface area contributed by atoms with Crippen molar-refractivity contribution in [1.82, 2.24) is 0 Å². The minimum Gasteiger partial charge on any atom is -0.383 e. The van der Waals surface area contributed by atoms with Crippen molar-refractivity contribution in [3.63, 3.8) is 0 Å². The van der Waals surface area contributed by atoms with Crippen LogP contribution in [0.5, 0.6) is 0 Å². The van der Waals surface area contributed by atoms with Crippen LogP contribution in [0.4, 0.5) is 0 Å². The van der Waals surface area contributed by atoms with E-state index in [4.69, 9.17) is 0 Å². The van der Waals surface area contributed by atoms with Crippen LogP contribution >= 0.6 is 11.3 Å². The zero-order valence-corrected chi connectivity index (χ0v) is 6.64. The predicted octanol–water partition coefficient (Wildman–Crippen LogP) is 2.36. The summed E-state index contributed by atoms with van der Waals surface area (Å²) in [5.41, 5.74) is 0. The monoisotopic (exact) mass is 154 g/mol. The summed E-state index contributed by atoms with van der Waals surface area (Å²) in [7, 11) is 0. The Kier molecular flexibility index (Phi) is 2.66. The van der Waals surface area contributed by atoms with Gasteiger partial charge in [0.15, 0.2) is 0 Å². The quantitative estimate of drug-likeness (QED) is 0.648. The molecule has 1 unspecified atom stereocenters. The van der Waals surface area contributed by atoms with E-state index in [1.807, 2.05) is 30.5 Å². The third-order valence-corrected chi connectivity index (χ3v) is 2.15. The van der Waals surface area contributed by atoms with Gasteiger partial charge in [0, 0.05) is 4.88 Å². The van der Waals surface area contributed by atoms with Crippen LogP contribution in [0.15, 0.2) is 29.7 Å². The summed E-state index contributed by atoms with van der Waals surface area (Å²) in [6, 6.07) is 3.86. The van der Waals surface area contributed by atoms with Crippen molar-refractivity contribution in [2.24, 2.45) is 0 Å². The lowest BCUT2D eigenvalue weighted by molar-refractivity contribution is 0.232. The highest BCUT2D eigenvalue weighted by atomic mass is 32.1. The minimum atomic E-state index is -0.412. The number of allylic oxidation sites excluding steroid dienone is 1. The van der Waals surface area contributed by atoms with Gasteiger partial charge in [-0.2, -0.15) is 0 Å². The molecule has 0 spiro atoms. The lowest BCUT2D eigenvalue weighted by Crippen LogP contribution is -1.86. The Balaban J connectivity index is 2.67. The molecule has 0 aliphatic heterocycles. The third kappa shape index (κ3) is 1.69. The van der Waals surface area contributed by atoms with Gasteiger partial charge in [0.1, 0.15) is 6.10 Å². The first-order valence-corrected chi connectivity index (χ1v) is 4.07. The van der Waals surface area contributed by atoms with Crippen LogP contribution in [0.3, 0.4) is 0 Å². The fourth-order valence-electron chi connectivity index (χ4n) is 0.737. The largest absolute Gasteiger partial charge is 0.383 e. The fourth-order valence-corrected chi connectivity index (χ4v) is 1.43. The maximum atomic E-state index is 9.33. The predicted molar refractivity (Wildman–Crippen MR) is 44.1 cm³/mol. The molecule has 1 rings (SSSR count). The summed E-state index contributed by atoms with van der Waals surface area (Å²) in [6.45, 7) is 1.90. The first-order chi connectivity index (χ1) is 4.84. The number of rotatable bonds is 2. The van der Waals surface area contributed by atoms with Crippen molar-refractivity contribution >= 4 is 11.3 Å². The summed E-state index contributed by atoms with van der Waals surface area (Å²) < 4.78 is 0. The highest BCUT2D eigenvalue weighted by Crippen LogP contribution is 2.19. The van der Waals surface area contributed by atoms with Gasteiger partial charge in [-0.25, -0.2) is 0 Å². The van der Waals surface area contributed by atoms with Gasteiger partial charge in [-0.3, -0.25) is 0 Å². The number of thiophene rings is 1. The summed E-state index contributed by atoms with van der Waals surface area (Å²) in [5, 5.41) is 11.3. The standard InChI is InChI=1S/C8H10OS/c1-2-4-7(9)8-5-3-6-10-8/h2-7,9H,1H3/b4-2+. The molecule has 1 atom stereocenters. The molecule has 1 N–H and O–H groups in total. The van der Waals surface area contributed by atoms with Crippen LogP contribution in [0.2, 0.25) is 0 Å². The molecular weight excluding hydrogens is 144 g/mol. The molecule has 54 valence electrons. The van der Waals surface area contributed by atoms with Crippen LogP contribution in [0.25, 0.3) is 0 Å². The first-order valence-electron chi connectivity index (χ1n) is 3.19. The average Bonchev–Trinajstić information content (AvgIpc) is 2.38. The van der Waals surface area contributed by atoms with E-state index in [1.54, 1.807) is 17.4 Å². The molecular formula is C8H10OS. The normalized spacial score (nSPS) is 14.2. The second-order valence-electron chi connectivity index (χ2n) is 1.99. The lowest BCUT2D eigenvalue weighted by Gasteiger charge is -1.98. The molecule has 0 amide bonds. The molecule has 0 aromatic carbocycles. The van der Waals surface area contributed by atoms with Crippen LogP contribution < -0.4 is 0 Å². The SMILES string of the molecule is C/C=C/C(O)c1cccs1. The summed E-state index contributed by atoms with van der Waals surface area (Å²) in [4.78, 5) is 0.998. The van der Waals surface area contributed by atoms with Gasteiger partial charge < -0.3 is 5.11 Å². The average molecular weight is 154 g/mol. The van der Waals surface area contributed by atoms with Crippen LogP contribution in [0.1, 0.15) is 17.9 Å².